The summed E-state index contributed by atoms with van der Waals surface area (Å²) in [6, 6.07) is 7.12. The number of methoxy groups -OCH3 is 1. The number of phenols is 1. The van der Waals surface area contributed by atoms with Gasteiger partial charge in [0.05, 0.1) is 21.0 Å². The number of nitrogens with one attached hydrogen (secondary N) is 1. The maximum atomic E-state index is 13.6. The number of ether oxygens (including phenoxy) is 1. The van der Waals surface area contributed by atoms with Crippen molar-refractivity contribution >= 4 is 44.8 Å². The van der Waals surface area contributed by atoms with Gasteiger partial charge in [-0.2, -0.15) is 4.31 Å². The van der Waals surface area contributed by atoms with Crippen molar-refractivity contribution in [3.8, 4) is 5.75 Å². The number of halogens is 2. The van der Waals surface area contributed by atoms with Crippen LogP contribution in [0.4, 0.5) is 0 Å². The molecule has 0 aliphatic carbocycles. The van der Waals surface area contributed by atoms with Gasteiger partial charge in [0, 0.05) is 50.2 Å². The number of carbonyl (C=O) groups excluding carboxylic acids is 1. The zero-order valence-corrected chi connectivity index (χ0v) is 24.9. The molecule has 2 aromatic rings. The molecule has 9 nitrogen and oxygen atoms in total. The highest BCUT2D eigenvalue weighted by atomic mass is 35.5. The highest BCUT2D eigenvalue weighted by molar-refractivity contribution is 7.89. The van der Waals surface area contributed by atoms with Crippen LogP contribution in [0.1, 0.15) is 60.5 Å². The van der Waals surface area contributed by atoms with Crippen molar-refractivity contribution in [2.45, 2.75) is 62.7 Å². The molecular weight excluding hydrogens is 577 g/mol. The number of sulfonamides is 1. The third-order valence-corrected chi connectivity index (χ3v) is 9.74. The average Bonchev–Trinajstić information content (AvgIpc) is 3.21. The van der Waals surface area contributed by atoms with E-state index in [-0.39, 0.29) is 39.7 Å². The van der Waals surface area contributed by atoms with Crippen molar-refractivity contribution in [3.63, 3.8) is 0 Å². The van der Waals surface area contributed by atoms with Gasteiger partial charge >= 0.3 is 0 Å². The zero-order chi connectivity index (χ0) is 29.0. The number of aliphatic hydroxyl groups is 1. The van der Waals surface area contributed by atoms with E-state index in [2.05, 4.69) is 5.32 Å². The summed E-state index contributed by atoms with van der Waals surface area (Å²) in [6.07, 6.45) is 4.14. The van der Waals surface area contributed by atoms with Crippen molar-refractivity contribution in [1.29, 1.82) is 0 Å². The number of amides is 1. The van der Waals surface area contributed by atoms with Gasteiger partial charge in [0.1, 0.15) is 6.23 Å². The van der Waals surface area contributed by atoms with Crippen LogP contribution in [-0.4, -0.2) is 72.8 Å². The molecule has 0 bridgehead atoms. The molecule has 40 heavy (non-hydrogen) atoms. The number of benzene rings is 2. The van der Waals surface area contributed by atoms with E-state index in [4.69, 9.17) is 27.9 Å². The van der Waals surface area contributed by atoms with Crippen molar-refractivity contribution in [2.24, 2.45) is 0 Å². The van der Waals surface area contributed by atoms with Crippen LogP contribution in [0, 0.1) is 0 Å². The molecule has 0 aromatic heterocycles. The summed E-state index contributed by atoms with van der Waals surface area (Å²) in [5.41, 5.74) is 3.11. The van der Waals surface area contributed by atoms with Crippen LogP contribution in [0.15, 0.2) is 41.3 Å². The molecule has 12 heteroatoms. The van der Waals surface area contributed by atoms with Gasteiger partial charge in [-0.05, 0) is 49.4 Å². The van der Waals surface area contributed by atoms with Gasteiger partial charge in [-0.3, -0.25) is 10.1 Å². The minimum Gasteiger partial charge on any atom is -0.505 e. The summed E-state index contributed by atoms with van der Waals surface area (Å²) in [5, 5.41) is 23.9. The summed E-state index contributed by atoms with van der Waals surface area (Å²) in [5.74, 6) is -0.453. The Kier molecular flexibility index (Phi) is 10.2. The number of nitrogens with zero attached hydrogens (tertiary/aromatic N) is 2. The number of hydrogen-bond acceptors (Lipinski definition) is 7. The standard InChI is InChI=1S/C28H35Cl2N3O6S/c1-3-8-23-25-18(9-6-10-20(25)28(36)32(23)12-7-14-39-2)17-31-27(35)24-11-4-5-13-33(24)40(37,38)19-15-21(29)26(34)22(30)16-19/h6,8-10,15-16,24,27,31,34-35H,3-5,7,11-14,17H2,1-2H3/b23-8+. The summed E-state index contributed by atoms with van der Waals surface area (Å²) in [4.78, 5) is 14.9. The quantitative estimate of drug-likeness (QED) is 0.251. The summed E-state index contributed by atoms with van der Waals surface area (Å²) >= 11 is 12.0. The smallest absolute Gasteiger partial charge is 0.258 e. The molecule has 1 saturated heterocycles. The molecule has 3 N–H and O–H groups in total. The van der Waals surface area contributed by atoms with Gasteiger partial charge in [-0.25, -0.2) is 8.42 Å². The SMILES string of the molecule is CC/C=C1\c2c(CNC(O)C3CCCCN3S(=O)(=O)c3cc(Cl)c(O)c(Cl)c3)cccc2C(=O)N1CCCOC. The lowest BCUT2D eigenvalue weighted by Gasteiger charge is -2.37. The summed E-state index contributed by atoms with van der Waals surface area (Å²) in [6.45, 7) is 3.54. The van der Waals surface area contributed by atoms with Gasteiger partial charge in [0.15, 0.2) is 5.75 Å². The molecule has 2 aliphatic rings. The Labute approximate surface area is 245 Å². The van der Waals surface area contributed by atoms with Crippen molar-refractivity contribution in [3.05, 3.63) is 63.1 Å². The van der Waals surface area contributed by atoms with E-state index >= 15 is 0 Å². The molecule has 2 unspecified atom stereocenters. The van der Waals surface area contributed by atoms with Gasteiger partial charge in [-0.15, -0.1) is 0 Å². The molecule has 218 valence electrons. The number of aromatic hydroxyl groups is 1. The Bertz CT molecular complexity index is 1360. The van der Waals surface area contributed by atoms with Gasteiger partial charge < -0.3 is 19.8 Å². The molecule has 4 rings (SSSR count). The molecule has 2 heterocycles. The minimum atomic E-state index is -4.07. The van der Waals surface area contributed by atoms with E-state index < -0.39 is 22.3 Å². The number of hydrogen-bond donors (Lipinski definition) is 3. The van der Waals surface area contributed by atoms with Crippen LogP contribution in [0.5, 0.6) is 5.75 Å². The van der Waals surface area contributed by atoms with Gasteiger partial charge in [0.2, 0.25) is 10.0 Å². The second-order valence-electron chi connectivity index (χ2n) is 9.88. The fraction of sp³-hybridized carbons (Fsp3) is 0.464. The second kappa shape index (κ2) is 13.2. The fourth-order valence-electron chi connectivity index (χ4n) is 5.33. The topological polar surface area (TPSA) is 119 Å². The Hall–Kier alpha value is -2.18. The summed E-state index contributed by atoms with van der Waals surface area (Å²) in [7, 11) is -2.44. The molecule has 1 fully saturated rings. The zero-order valence-electron chi connectivity index (χ0n) is 22.6. The first-order valence-corrected chi connectivity index (χ1v) is 15.6. The van der Waals surface area contributed by atoms with Crippen LogP contribution < -0.4 is 5.32 Å². The molecule has 2 aliphatic heterocycles. The molecular formula is C28H35Cl2N3O6S. The highest BCUT2D eigenvalue weighted by Crippen LogP contribution is 2.38. The Balaban J connectivity index is 1.56. The predicted molar refractivity (Wildman–Crippen MR) is 155 cm³/mol. The monoisotopic (exact) mass is 611 g/mol. The van der Waals surface area contributed by atoms with E-state index in [1.165, 1.54) is 4.31 Å². The first-order valence-electron chi connectivity index (χ1n) is 13.4. The lowest BCUT2D eigenvalue weighted by Crippen LogP contribution is -2.54. The number of aliphatic hydroxyl groups excluding tert-OH is 1. The Morgan fingerprint density at radius 3 is 2.62 bits per heavy atom. The van der Waals surface area contributed by atoms with Crippen LogP contribution in [0.25, 0.3) is 5.70 Å². The molecule has 2 atom stereocenters. The van der Waals surface area contributed by atoms with Crippen LogP contribution >= 0.6 is 23.2 Å². The third kappa shape index (κ3) is 6.18. The summed E-state index contributed by atoms with van der Waals surface area (Å²) < 4.78 is 33.6. The van der Waals surface area contributed by atoms with Crippen LogP contribution in [0.2, 0.25) is 10.0 Å². The first-order chi connectivity index (χ1) is 19.1. The minimum absolute atomic E-state index is 0.0658. The number of phenolic OH excluding ortho intramolecular Hbond substituents is 1. The predicted octanol–water partition coefficient (Wildman–Crippen LogP) is 4.59. The maximum Gasteiger partial charge on any atom is 0.258 e. The molecule has 2 aromatic carbocycles. The van der Waals surface area contributed by atoms with Crippen molar-refractivity contribution in [2.75, 3.05) is 26.8 Å². The second-order valence-corrected chi connectivity index (χ2v) is 12.6. The number of carbonyl (C=O) groups is 1. The number of piperidine rings is 1. The fourth-order valence-corrected chi connectivity index (χ4v) is 7.70. The average molecular weight is 613 g/mol. The highest BCUT2D eigenvalue weighted by Gasteiger charge is 2.38. The van der Waals surface area contributed by atoms with Gasteiger partial charge in [-0.1, -0.05) is 54.8 Å². The maximum absolute atomic E-state index is 13.6. The van der Waals surface area contributed by atoms with E-state index in [1.807, 2.05) is 25.1 Å². The molecule has 0 spiro atoms. The molecule has 0 saturated carbocycles. The molecule has 0 radical (unpaired) electrons. The van der Waals surface area contributed by atoms with E-state index in [0.717, 1.165) is 41.8 Å². The normalized spacial score (nSPS) is 19.8. The van der Waals surface area contributed by atoms with E-state index in [1.54, 1.807) is 18.1 Å². The number of rotatable bonds is 11. The van der Waals surface area contributed by atoms with Crippen LogP contribution in [0.3, 0.4) is 0 Å². The van der Waals surface area contributed by atoms with E-state index in [9.17, 15) is 23.4 Å². The van der Waals surface area contributed by atoms with Crippen molar-refractivity contribution in [1.82, 2.24) is 14.5 Å². The lowest BCUT2D eigenvalue weighted by atomic mass is 9.99. The van der Waals surface area contributed by atoms with Gasteiger partial charge in [0.25, 0.3) is 5.91 Å². The molecule has 1 amide bonds. The third-order valence-electron chi connectivity index (χ3n) is 7.26. The van der Waals surface area contributed by atoms with E-state index in [0.29, 0.717) is 38.0 Å². The lowest BCUT2D eigenvalue weighted by molar-refractivity contribution is 0.0427. The largest absolute Gasteiger partial charge is 0.505 e. The Morgan fingerprint density at radius 1 is 1.23 bits per heavy atom. The van der Waals surface area contributed by atoms with Crippen molar-refractivity contribution < 1.29 is 28.2 Å². The Morgan fingerprint density at radius 2 is 1.95 bits per heavy atom. The number of fused-ring (bicyclic) bond motifs is 1. The first kappa shape index (κ1) is 30.8. The number of allylic oxidation sites excluding steroid dienone is 1. The van der Waals surface area contributed by atoms with Crippen LogP contribution in [-0.2, 0) is 21.3 Å².